The SMILES string of the molecule is COc1cn(C(CC2COCCO2)C(=O)Nc2ccc(C(=O)O)cc2)c(=O)cc1-c1cc(Cl)ccc1OCCF. The van der Waals surface area contributed by atoms with Crippen molar-refractivity contribution in [2.24, 2.45) is 0 Å². The number of nitrogens with one attached hydrogen (secondary N) is 1. The topological polar surface area (TPSA) is 125 Å². The van der Waals surface area contributed by atoms with Crippen molar-refractivity contribution < 1.29 is 38.0 Å². The molecular weight excluding hydrogens is 547 g/mol. The van der Waals surface area contributed by atoms with E-state index in [2.05, 4.69) is 5.32 Å². The Kier molecular flexibility index (Phi) is 9.75. The summed E-state index contributed by atoms with van der Waals surface area (Å²) in [6.45, 7) is 0.136. The maximum Gasteiger partial charge on any atom is 0.335 e. The first-order chi connectivity index (χ1) is 19.3. The Morgan fingerprint density at radius 2 is 1.90 bits per heavy atom. The fourth-order valence-electron chi connectivity index (χ4n) is 4.32. The maximum atomic E-state index is 13.5. The van der Waals surface area contributed by atoms with E-state index in [9.17, 15) is 18.8 Å². The second-order valence-corrected chi connectivity index (χ2v) is 9.31. The number of aromatic carboxylic acids is 1. The van der Waals surface area contributed by atoms with Crippen LogP contribution in [0.15, 0.2) is 59.5 Å². The van der Waals surface area contributed by atoms with Gasteiger partial charge in [0.05, 0.1) is 44.8 Å². The standard InChI is InChI=1S/C28H28ClFN2O8/c1-37-25-15-32(26(33)14-22(25)21-12-18(29)4-7-24(21)40-9-8-30)23(13-20-16-38-10-11-39-20)27(34)31-19-5-2-17(3-6-19)28(35)36/h2-7,12,14-15,20,23H,8-11,13,16H2,1H3,(H,31,34)(H,35,36). The van der Waals surface area contributed by atoms with E-state index in [1.165, 1.54) is 48.2 Å². The number of pyridine rings is 1. The molecule has 0 spiro atoms. The minimum absolute atomic E-state index is 0.0646. The molecular formula is C28H28ClFN2O8. The highest BCUT2D eigenvalue weighted by Crippen LogP contribution is 2.38. The lowest BCUT2D eigenvalue weighted by Crippen LogP contribution is -2.38. The fraction of sp³-hybridized carbons (Fsp3) is 0.321. The van der Waals surface area contributed by atoms with E-state index in [1.54, 1.807) is 18.2 Å². The highest BCUT2D eigenvalue weighted by atomic mass is 35.5. The van der Waals surface area contributed by atoms with Crippen LogP contribution in [0.5, 0.6) is 11.5 Å². The van der Waals surface area contributed by atoms with Gasteiger partial charge in [0.15, 0.2) is 0 Å². The van der Waals surface area contributed by atoms with Gasteiger partial charge in [0.1, 0.15) is 30.8 Å². The molecule has 0 radical (unpaired) electrons. The van der Waals surface area contributed by atoms with E-state index in [1.807, 2.05) is 0 Å². The molecule has 2 atom stereocenters. The van der Waals surface area contributed by atoms with Gasteiger partial charge >= 0.3 is 5.97 Å². The third-order valence-electron chi connectivity index (χ3n) is 6.24. The lowest BCUT2D eigenvalue weighted by molar-refractivity contribution is -0.124. The number of ether oxygens (including phenoxy) is 4. The van der Waals surface area contributed by atoms with Gasteiger partial charge in [-0.1, -0.05) is 11.6 Å². The molecule has 1 aliphatic rings. The first-order valence-corrected chi connectivity index (χ1v) is 12.8. The number of carboxylic acid groups (broad SMARTS) is 1. The second-order valence-electron chi connectivity index (χ2n) is 8.87. The highest BCUT2D eigenvalue weighted by molar-refractivity contribution is 6.31. The van der Waals surface area contributed by atoms with Crippen LogP contribution in [0.4, 0.5) is 10.1 Å². The van der Waals surface area contributed by atoms with Crippen LogP contribution in [0.25, 0.3) is 11.1 Å². The summed E-state index contributed by atoms with van der Waals surface area (Å²) in [5.74, 6) is -1.06. The summed E-state index contributed by atoms with van der Waals surface area (Å²) >= 11 is 6.21. The largest absolute Gasteiger partial charge is 0.495 e. The number of nitrogens with zero attached hydrogens (tertiary/aromatic N) is 1. The number of halogens is 2. The van der Waals surface area contributed by atoms with E-state index >= 15 is 0 Å². The molecule has 2 heterocycles. The normalized spacial score (nSPS) is 15.7. The minimum Gasteiger partial charge on any atom is -0.495 e. The molecule has 212 valence electrons. The molecule has 0 saturated carbocycles. The summed E-state index contributed by atoms with van der Waals surface area (Å²) in [5.41, 5.74) is 0.664. The van der Waals surface area contributed by atoms with E-state index in [0.29, 0.717) is 40.8 Å². The molecule has 10 nitrogen and oxygen atoms in total. The predicted octanol–water partition coefficient (Wildman–Crippen LogP) is 4.21. The smallest absolute Gasteiger partial charge is 0.335 e. The maximum absolute atomic E-state index is 13.5. The molecule has 3 aromatic rings. The van der Waals surface area contributed by atoms with Gasteiger partial charge in [-0.2, -0.15) is 0 Å². The van der Waals surface area contributed by atoms with Gasteiger partial charge < -0.3 is 29.4 Å². The number of anilines is 1. The zero-order valence-corrected chi connectivity index (χ0v) is 22.4. The fourth-order valence-corrected chi connectivity index (χ4v) is 4.49. The van der Waals surface area contributed by atoms with Gasteiger partial charge in [0.2, 0.25) is 5.91 Å². The monoisotopic (exact) mass is 574 g/mol. The predicted molar refractivity (Wildman–Crippen MR) is 145 cm³/mol. The highest BCUT2D eigenvalue weighted by Gasteiger charge is 2.29. The Morgan fingerprint density at radius 1 is 1.15 bits per heavy atom. The lowest BCUT2D eigenvalue weighted by Gasteiger charge is -2.28. The van der Waals surface area contributed by atoms with Gasteiger partial charge in [-0.15, -0.1) is 0 Å². The number of amides is 1. The minimum atomic E-state index is -1.10. The number of aromatic nitrogens is 1. The number of carbonyl (C=O) groups excluding carboxylic acids is 1. The van der Waals surface area contributed by atoms with Crippen LogP contribution in [-0.4, -0.2) is 67.9 Å². The third kappa shape index (κ3) is 6.98. The molecule has 1 amide bonds. The van der Waals surface area contributed by atoms with E-state index < -0.39 is 36.3 Å². The van der Waals surface area contributed by atoms with Crippen molar-refractivity contribution in [2.45, 2.75) is 18.6 Å². The zero-order chi connectivity index (χ0) is 28.6. The number of carbonyl (C=O) groups is 2. The third-order valence-corrected chi connectivity index (χ3v) is 6.47. The number of rotatable bonds is 11. The number of hydrogen-bond acceptors (Lipinski definition) is 7. The number of methoxy groups -OCH3 is 1. The number of benzene rings is 2. The Balaban J connectivity index is 1.72. The van der Waals surface area contributed by atoms with Crippen molar-refractivity contribution in [2.75, 3.05) is 45.5 Å². The molecule has 1 saturated heterocycles. The van der Waals surface area contributed by atoms with Crippen LogP contribution in [0.1, 0.15) is 22.8 Å². The van der Waals surface area contributed by atoms with E-state index in [-0.39, 0.29) is 30.9 Å². The van der Waals surface area contributed by atoms with Crippen molar-refractivity contribution in [1.82, 2.24) is 4.57 Å². The van der Waals surface area contributed by atoms with Crippen LogP contribution in [0.3, 0.4) is 0 Å². The quantitative estimate of drug-likeness (QED) is 0.349. The molecule has 2 N–H and O–H groups in total. The number of alkyl halides is 1. The Bertz CT molecular complexity index is 1410. The van der Waals surface area contributed by atoms with Gasteiger partial charge in [-0.25, -0.2) is 9.18 Å². The summed E-state index contributed by atoms with van der Waals surface area (Å²) in [7, 11) is 1.41. The van der Waals surface area contributed by atoms with Crippen LogP contribution in [0.2, 0.25) is 5.02 Å². The van der Waals surface area contributed by atoms with Gasteiger partial charge in [-0.05, 0) is 42.5 Å². The Hall–Kier alpha value is -3.93. The number of hydrogen-bond donors (Lipinski definition) is 2. The summed E-state index contributed by atoms with van der Waals surface area (Å²) < 4.78 is 36.4. The summed E-state index contributed by atoms with van der Waals surface area (Å²) in [5, 5.41) is 12.3. The summed E-state index contributed by atoms with van der Waals surface area (Å²) in [6, 6.07) is 10.6. The average molecular weight is 575 g/mol. The Labute approximate surface area is 234 Å². The molecule has 0 aliphatic carbocycles. The Morgan fingerprint density at radius 3 is 2.55 bits per heavy atom. The van der Waals surface area contributed by atoms with E-state index in [4.69, 9.17) is 35.7 Å². The molecule has 1 aromatic heterocycles. The van der Waals surface area contributed by atoms with E-state index in [0.717, 1.165) is 0 Å². The van der Waals surface area contributed by atoms with Crippen LogP contribution < -0.4 is 20.3 Å². The first-order valence-electron chi connectivity index (χ1n) is 12.4. The van der Waals surface area contributed by atoms with Crippen molar-refractivity contribution >= 4 is 29.2 Å². The number of carboxylic acids is 1. The second kappa shape index (κ2) is 13.4. The molecule has 40 heavy (non-hydrogen) atoms. The molecule has 2 aromatic carbocycles. The summed E-state index contributed by atoms with van der Waals surface area (Å²) in [6.07, 6.45) is 1.08. The van der Waals surface area contributed by atoms with Crippen LogP contribution in [-0.2, 0) is 14.3 Å². The van der Waals surface area contributed by atoms with Gasteiger partial charge in [-0.3, -0.25) is 14.2 Å². The first kappa shape index (κ1) is 29.1. The van der Waals surface area contributed by atoms with Gasteiger partial charge in [0, 0.05) is 34.3 Å². The zero-order valence-electron chi connectivity index (χ0n) is 21.6. The molecule has 12 heteroatoms. The molecule has 1 fully saturated rings. The molecule has 1 aliphatic heterocycles. The van der Waals surface area contributed by atoms with Crippen LogP contribution >= 0.6 is 11.6 Å². The molecule has 0 bridgehead atoms. The summed E-state index contributed by atoms with van der Waals surface area (Å²) in [4.78, 5) is 38.2. The molecule has 2 unspecified atom stereocenters. The van der Waals surface area contributed by atoms with Crippen molar-refractivity contribution in [3.63, 3.8) is 0 Å². The lowest BCUT2D eigenvalue weighted by atomic mass is 10.0. The average Bonchev–Trinajstić information content (AvgIpc) is 2.96. The van der Waals surface area contributed by atoms with Crippen LogP contribution in [0, 0.1) is 0 Å². The molecule has 4 rings (SSSR count). The van der Waals surface area contributed by atoms with Crippen molar-refractivity contribution in [3.05, 3.63) is 75.7 Å². The van der Waals surface area contributed by atoms with Crippen molar-refractivity contribution in [3.8, 4) is 22.6 Å². The van der Waals surface area contributed by atoms with Crippen molar-refractivity contribution in [1.29, 1.82) is 0 Å². The van der Waals surface area contributed by atoms with Gasteiger partial charge in [0.25, 0.3) is 5.56 Å².